The molecule has 1 aliphatic heterocycles. The molecule has 1 aliphatic carbocycles. The van der Waals surface area contributed by atoms with Gasteiger partial charge in [0, 0.05) is 27.0 Å². The third kappa shape index (κ3) is 3.90. The molecule has 1 N–H and O–H groups in total. The second-order valence-electron chi connectivity index (χ2n) is 7.46. The quantitative estimate of drug-likeness (QED) is 0.466. The second kappa shape index (κ2) is 8.51. The predicted octanol–water partition coefficient (Wildman–Crippen LogP) is 4.37. The fourth-order valence-electron chi connectivity index (χ4n) is 4.04. The minimum Gasteiger partial charge on any atom is -0.497 e. The van der Waals surface area contributed by atoms with Crippen LogP contribution in [0.2, 0.25) is 0 Å². The first kappa shape index (κ1) is 21.1. The number of halogens is 2. The van der Waals surface area contributed by atoms with E-state index in [1.807, 2.05) is 0 Å². The molecule has 1 heterocycles. The van der Waals surface area contributed by atoms with Crippen molar-refractivity contribution >= 4 is 61.0 Å². The summed E-state index contributed by atoms with van der Waals surface area (Å²) in [5.74, 6) is -0.747. The molecule has 4 atom stereocenters. The van der Waals surface area contributed by atoms with E-state index in [0.29, 0.717) is 35.5 Å². The minimum atomic E-state index is -0.331. The van der Waals surface area contributed by atoms with Gasteiger partial charge in [-0.3, -0.25) is 19.3 Å². The van der Waals surface area contributed by atoms with Gasteiger partial charge in [0.2, 0.25) is 11.8 Å². The molecular formula is C22H20Br2N2O4. The zero-order valence-electron chi connectivity index (χ0n) is 16.2. The number of ether oxygens (including phenoxy) is 1. The van der Waals surface area contributed by atoms with Gasteiger partial charge in [-0.15, -0.1) is 0 Å². The molecule has 0 unspecified atom stereocenters. The highest BCUT2D eigenvalue weighted by atomic mass is 79.9. The lowest BCUT2D eigenvalue weighted by Crippen LogP contribution is -2.34. The Balaban J connectivity index is 1.56. The first-order chi connectivity index (χ1) is 14.4. The third-order valence-corrected chi connectivity index (χ3v) is 8.34. The van der Waals surface area contributed by atoms with Crippen LogP contribution in [0.4, 0.5) is 11.4 Å². The van der Waals surface area contributed by atoms with Gasteiger partial charge in [-0.05, 0) is 43.2 Å². The van der Waals surface area contributed by atoms with Crippen LogP contribution >= 0.6 is 31.9 Å². The Kier molecular flexibility index (Phi) is 5.97. The van der Waals surface area contributed by atoms with Crippen LogP contribution in [0.5, 0.6) is 5.75 Å². The molecule has 0 aromatic heterocycles. The average molecular weight is 536 g/mol. The van der Waals surface area contributed by atoms with E-state index in [1.165, 1.54) is 4.90 Å². The topological polar surface area (TPSA) is 75.7 Å². The maximum atomic E-state index is 13.0. The van der Waals surface area contributed by atoms with Gasteiger partial charge in [0.15, 0.2) is 0 Å². The van der Waals surface area contributed by atoms with Crippen LogP contribution in [0.1, 0.15) is 23.2 Å². The van der Waals surface area contributed by atoms with Gasteiger partial charge in [-0.2, -0.15) is 0 Å². The third-order valence-electron chi connectivity index (χ3n) is 5.61. The number of carbonyl (C=O) groups excluding carboxylic acids is 3. The summed E-state index contributed by atoms with van der Waals surface area (Å²) in [6.07, 6.45) is 1.22. The second-order valence-corrected chi connectivity index (χ2v) is 9.82. The van der Waals surface area contributed by atoms with Crippen molar-refractivity contribution in [3.8, 4) is 5.75 Å². The molecule has 0 spiro atoms. The lowest BCUT2D eigenvalue weighted by Gasteiger charge is -2.29. The summed E-state index contributed by atoms with van der Waals surface area (Å²) in [5, 5.41) is 2.81. The highest BCUT2D eigenvalue weighted by Gasteiger charge is 2.52. The van der Waals surface area contributed by atoms with Crippen molar-refractivity contribution in [1.29, 1.82) is 0 Å². The summed E-state index contributed by atoms with van der Waals surface area (Å²) >= 11 is 7.19. The van der Waals surface area contributed by atoms with Gasteiger partial charge in [0.25, 0.3) is 5.91 Å². The van der Waals surface area contributed by atoms with Gasteiger partial charge in [0.1, 0.15) is 5.75 Å². The number of anilines is 2. The summed E-state index contributed by atoms with van der Waals surface area (Å²) in [6.45, 7) is 0. The molecule has 1 saturated heterocycles. The van der Waals surface area contributed by atoms with Gasteiger partial charge in [0.05, 0.1) is 24.6 Å². The molecule has 1 saturated carbocycles. The molecule has 2 aromatic carbocycles. The number of hydrogen-bond acceptors (Lipinski definition) is 4. The van der Waals surface area contributed by atoms with Crippen LogP contribution in [0, 0.1) is 11.8 Å². The number of carbonyl (C=O) groups is 3. The zero-order chi connectivity index (χ0) is 21.4. The fourth-order valence-corrected chi connectivity index (χ4v) is 5.28. The Morgan fingerprint density at radius 2 is 1.63 bits per heavy atom. The summed E-state index contributed by atoms with van der Waals surface area (Å²) in [6, 6.07) is 13.6. The van der Waals surface area contributed by atoms with Gasteiger partial charge in [-0.1, -0.05) is 44.0 Å². The zero-order valence-corrected chi connectivity index (χ0v) is 19.4. The molecular weight excluding hydrogens is 516 g/mol. The number of imide groups is 1. The Hall–Kier alpha value is -2.19. The molecule has 6 nitrogen and oxygen atoms in total. The van der Waals surface area contributed by atoms with Crippen molar-refractivity contribution in [2.24, 2.45) is 11.8 Å². The van der Waals surface area contributed by atoms with Crippen molar-refractivity contribution in [2.45, 2.75) is 22.5 Å². The number of fused-ring (bicyclic) bond motifs is 1. The fraction of sp³-hybridized carbons (Fsp3) is 0.318. The molecule has 30 heavy (non-hydrogen) atoms. The SMILES string of the molecule is COc1cccc(NC(=O)c2cccc(N3C(=O)[C@@H]4C[C@@H](Br)[C@@H](Br)C[C@H]4C3=O)c2)c1. The van der Waals surface area contributed by atoms with Crippen LogP contribution in [0.25, 0.3) is 0 Å². The summed E-state index contributed by atoms with van der Waals surface area (Å²) < 4.78 is 5.17. The van der Waals surface area contributed by atoms with E-state index in [2.05, 4.69) is 37.2 Å². The molecule has 2 aromatic rings. The van der Waals surface area contributed by atoms with E-state index in [-0.39, 0.29) is 39.2 Å². The molecule has 4 rings (SSSR count). The molecule has 2 fully saturated rings. The van der Waals surface area contributed by atoms with Crippen LogP contribution in [-0.2, 0) is 9.59 Å². The highest BCUT2D eigenvalue weighted by Crippen LogP contribution is 2.44. The molecule has 156 valence electrons. The summed E-state index contributed by atoms with van der Waals surface area (Å²) in [7, 11) is 1.56. The lowest BCUT2D eigenvalue weighted by molar-refractivity contribution is -0.122. The summed E-state index contributed by atoms with van der Waals surface area (Å²) in [4.78, 5) is 40.3. The Labute approximate surface area is 191 Å². The first-order valence-corrected chi connectivity index (χ1v) is 11.4. The van der Waals surface area contributed by atoms with E-state index in [0.717, 1.165) is 0 Å². The number of nitrogens with zero attached hydrogens (tertiary/aromatic N) is 1. The van der Waals surface area contributed by atoms with Gasteiger partial charge < -0.3 is 10.1 Å². The standard InChI is InChI=1S/C22H20Br2N2O4/c1-30-15-7-3-5-13(9-15)25-20(27)12-4-2-6-14(8-12)26-21(28)16-10-18(23)19(24)11-17(16)22(26)29/h2-9,16-19H,10-11H2,1H3,(H,25,27)/t16-,17-,18-,19+/m1/s1. The van der Waals surface area contributed by atoms with Crippen LogP contribution < -0.4 is 15.0 Å². The maximum Gasteiger partial charge on any atom is 0.255 e. The van der Waals surface area contributed by atoms with E-state index < -0.39 is 0 Å². The molecule has 8 heteroatoms. The van der Waals surface area contributed by atoms with Crippen molar-refractivity contribution in [3.63, 3.8) is 0 Å². The minimum absolute atomic E-state index is 0.149. The largest absolute Gasteiger partial charge is 0.497 e. The van der Waals surface area contributed by atoms with Crippen LogP contribution in [-0.4, -0.2) is 34.5 Å². The number of rotatable bonds is 4. The first-order valence-electron chi connectivity index (χ1n) is 9.60. The number of nitrogens with one attached hydrogen (secondary N) is 1. The number of alkyl halides is 2. The van der Waals surface area contributed by atoms with Gasteiger partial charge in [-0.25, -0.2) is 0 Å². The maximum absolute atomic E-state index is 13.0. The van der Waals surface area contributed by atoms with E-state index in [4.69, 9.17) is 4.74 Å². The smallest absolute Gasteiger partial charge is 0.255 e. The number of methoxy groups -OCH3 is 1. The highest BCUT2D eigenvalue weighted by molar-refractivity contribution is 9.12. The van der Waals surface area contributed by atoms with E-state index in [1.54, 1.807) is 55.6 Å². The summed E-state index contributed by atoms with van der Waals surface area (Å²) in [5.41, 5.74) is 1.38. The predicted molar refractivity (Wildman–Crippen MR) is 122 cm³/mol. The molecule has 2 aliphatic rings. The Morgan fingerprint density at radius 1 is 1.00 bits per heavy atom. The molecule has 3 amide bonds. The van der Waals surface area contributed by atoms with E-state index >= 15 is 0 Å². The Morgan fingerprint density at radius 3 is 2.27 bits per heavy atom. The number of amides is 3. The average Bonchev–Trinajstić information content (AvgIpc) is 2.98. The van der Waals surface area contributed by atoms with Crippen LogP contribution in [0.15, 0.2) is 48.5 Å². The number of benzene rings is 2. The van der Waals surface area contributed by atoms with Crippen molar-refractivity contribution in [3.05, 3.63) is 54.1 Å². The van der Waals surface area contributed by atoms with Crippen molar-refractivity contribution < 1.29 is 19.1 Å². The Bertz CT molecular complexity index is 984. The van der Waals surface area contributed by atoms with Crippen molar-refractivity contribution in [1.82, 2.24) is 0 Å². The normalized spacial score (nSPS) is 25.8. The van der Waals surface area contributed by atoms with Gasteiger partial charge >= 0.3 is 0 Å². The van der Waals surface area contributed by atoms with E-state index in [9.17, 15) is 14.4 Å². The molecule has 0 radical (unpaired) electrons. The molecule has 0 bridgehead atoms. The van der Waals surface area contributed by atoms with Crippen molar-refractivity contribution in [2.75, 3.05) is 17.3 Å². The monoisotopic (exact) mass is 534 g/mol. The lowest BCUT2D eigenvalue weighted by atomic mass is 9.81. The number of hydrogen-bond donors (Lipinski definition) is 1. The van der Waals surface area contributed by atoms with Crippen LogP contribution in [0.3, 0.4) is 0 Å².